The molecule has 0 bridgehead atoms. The van der Waals surface area contributed by atoms with Crippen molar-refractivity contribution in [3.8, 4) is 22.9 Å². The van der Waals surface area contributed by atoms with E-state index in [1.54, 1.807) is 19.1 Å². The number of fused-ring (bicyclic) bond motifs is 1. The van der Waals surface area contributed by atoms with Gasteiger partial charge in [0.05, 0.1) is 23.1 Å². The summed E-state index contributed by atoms with van der Waals surface area (Å²) in [5.74, 6) is -0.575. The zero-order valence-corrected chi connectivity index (χ0v) is 12.7. The minimum atomic E-state index is -1.09. The number of carboxylic acid groups (broad SMARTS) is 1. The van der Waals surface area contributed by atoms with Crippen molar-refractivity contribution in [3.63, 3.8) is 0 Å². The van der Waals surface area contributed by atoms with Crippen LogP contribution in [0.15, 0.2) is 41.2 Å². The molecule has 0 radical (unpaired) electrons. The lowest BCUT2D eigenvalue weighted by Gasteiger charge is -2.08. The van der Waals surface area contributed by atoms with Crippen molar-refractivity contribution in [2.75, 3.05) is 6.61 Å². The molecule has 1 aromatic heterocycles. The lowest BCUT2D eigenvalue weighted by Crippen LogP contribution is -2.10. The molecule has 7 heteroatoms. The number of rotatable bonds is 4. The van der Waals surface area contributed by atoms with Crippen molar-refractivity contribution >= 4 is 16.9 Å². The minimum Gasteiger partial charge on any atom is -0.504 e. The van der Waals surface area contributed by atoms with Crippen LogP contribution >= 0.6 is 0 Å². The van der Waals surface area contributed by atoms with Gasteiger partial charge >= 0.3 is 5.97 Å². The van der Waals surface area contributed by atoms with Gasteiger partial charge in [0.1, 0.15) is 5.82 Å². The van der Waals surface area contributed by atoms with Gasteiger partial charge in [-0.25, -0.2) is 9.78 Å². The van der Waals surface area contributed by atoms with Gasteiger partial charge in [0, 0.05) is 5.56 Å². The number of benzene rings is 2. The number of aromatic nitrogens is 2. The number of carboxylic acids is 1. The van der Waals surface area contributed by atoms with Crippen LogP contribution in [0.3, 0.4) is 0 Å². The Labute approximate surface area is 136 Å². The van der Waals surface area contributed by atoms with E-state index in [9.17, 15) is 14.7 Å². The molecule has 3 aromatic rings. The van der Waals surface area contributed by atoms with E-state index in [1.165, 1.54) is 24.3 Å². The number of hydrogen-bond donors (Lipinski definition) is 3. The molecule has 3 N–H and O–H groups in total. The number of aromatic carboxylic acids is 1. The second-order valence-corrected chi connectivity index (χ2v) is 5.07. The molecular formula is C17H14N2O5. The number of nitrogens with one attached hydrogen (secondary N) is 1. The zero-order chi connectivity index (χ0) is 17.3. The first-order valence-electron chi connectivity index (χ1n) is 7.23. The average Bonchev–Trinajstić information content (AvgIpc) is 2.56. The molecular weight excluding hydrogens is 312 g/mol. The van der Waals surface area contributed by atoms with Gasteiger partial charge in [-0.05, 0) is 43.3 Å². The van der Waals surface area contributed by atoms with Crippen LogP contribution in [0.25, 0.3) is 22.3 Å². The Balaban J connectivity index is 2.18. The molecule has 0 atom stereocenters. The Hall–Kier alpha value is -3.35. The predicted octanol–water partition coefficient (Wildman–Crippen LogP) is 2.39. The van der Waals surface area contributed by atoms with E-state index < -0.39 is 5.97 Å². The molecule has 0 spiro atoms. The second kappa shape index (κ2) is 6.04. The normalized spacial score (nSPS) is 10.7. The highest BCUT2D eigenvalue weighted by atomic mass is 16.5. The third kappa shape index (κ3) is 2.79. The van der Waals surface area contributed by atoms with Crippen molar-refractivity contribution in [3.05, 3.63) is 52.3 Å². The van der Waals surface area contributed by atoms with E-state index >= 15 is 0 Å². The molecule has 7 nitrogen and oxygen atoms in total. The maximum atomic E-state index is 12.2. The molecule has 0 aliphatic rings. The third-order valence-electron chi connectivity index (χ3n) is 3.49. The van der Waals surface area contributed by atoms with Gasteiger partial charge in [-0.1, -0.05) is 0 Å². The monoisotopic (exact) mass is 326 g/mol. The number of ether oxygens (including phenoxy) is 1. The number of phenols is 1. The Morgan fingerprint density at radius 3 is 2.75 bits per heavy atom. The van der Waals surface area contributed by atoms with E-state index in [-0.39, 0.29) is 34.0 Å². The predicted molar refractivity (Wildman–Crippen MR) is 87.6 cm³/mol. The average molecular weight is 326 g/mol. The Kier molecular flexibility index (Phi) is 3.91. The van der Waals surface area contributed by atoms with Gasteiger partial charge in [-0.2, -0.15) is 0 Å². The first-order chi connectivity index (χ1) is 11.5. The van der Waals surface area contributed by atoms with Crippen LogP contribution < -0.4 is 10.3 Å². The van der Waals surface area contributed by atoms with Gasteiger partial charge in [-0.3, -0.25) is 4.79 Å². The maximum Gasteiger partial charge on any atom is 0.335 e. The molecule has 1 heterocycles. The fourth-order valence-electron chi connectivity index (χ4n) is 2.34. The molecule has 0 aliphatic carbocycles. The summed E-state index contributed by atoms with van der Waals surface area (Å²) in [6.45, 7) is 2.16. The molecule has 0 fully saturated rings. The number of nitrogens with zero attached hydrogens (tertiary/aromatic N) is 1. The summed E-state index contributed by atoms with van der Waals surface area (Å²) in [6.07, 6.45) is 0. The lowest BCUT2D eigenvalue weighted by molar-refractivity contribution is 0.0697. The highest BCUT2D eigenvalue weighted by Crippen LogP contribution is 2.30. The van der Waals surface area contributed by atoms with E-state index in [4.69, 9.17) is 9.84 Å². The van der Waals surface area contributed by atoms with E-state index in [1.807, 2.05) is 0 Å². The Bertz CT molecular complexity index is 994. The van der Waals surface area contributed by atoms with Gasteiger partial charge in [-0.15, -0.1) is 0 Å². The molecule has 0 amide bonds. The molecule has 0 saturated carbocycles. The quantitative estimate of drug-likeness (QED) is 0.678. The summed E-state index contributed by atoms with van der Waals surface area (Å²) in [7, 11) is 0. The van der Waals surface area contributed by atoms with Crippen LogP contribution in [-0.4, -0.2) is 32.8 Å². The lowest BCUT2D eigenvalue weighted by atomic mass is 10.1. The molecule has 122 valence electrons. The van der Waals surface area contributed by atoms with Crippen molar-refractivity contribution in [1.82, 2.24) is 9.97 Å². The number of phenolic OH excluding ortho intramolecular Hbond substituents is 1. The number of H-pyrrole nitrogens is 1. The van der Waals surface area contributed by atoms with Crippen LogP contribution in [-0.2, 0) is 0 Å². The summed E-state index contributed by atoms with van der Waals surface area (Å²) < 4.78 is 5.32. The van der Waals surface area contributed by atoms with Crippen molar-refractivity contribution in [1.29, 1.82) is 0 Å². The molecule has 0 saturated heterocycles. The first-order valence-corrected chi connectivity index (χ1v) is 7.23. The standard InChI is InChI=1S/C17H14N2O5/c1-2-24-14-8-9(4-6-13(14)20)15-18-12-7-10(17(22)23)3-5-11(12)16(21)19-15/h3-8,20H,2H2,1H3,(H,22,23)(H,18,19,21). The summed E-state index contributed by atoms with van der Waals surface area (Å²) >= 11 is 0. The minimum absolute atomic E-state index is 0.0168. The molecule has 0 unspecified atom stereocenters. The van der Waals surface area contributed by atoms with E-state index in [2.05, 4.69) is 9.97 Å². The third-order valence-corrected chi connectivity index (χ3v) is 3.49. The number of aromatic amines is 1. The molecule has 3 rings (SSSR count). The molecule has 2 aromatic carbocycles. The van der Waals surface area contributed by atoms with Crippen LogP contribution in [0, 0.1) is 0 Å². The molecule has 24 heavy (non-hydrogen) atoms. The summed E-state index contributed by atoms with van der Waals surface area (Å²) in [6, 6.07) is 8.72. The van der Waals surface area contributed by atoms with Crippen molar-refractivity contribution < 1.29 is 19.7 Å². The first kappa shape index (κ1) is 15.5. The van der Waals surface area contributed by atoms with E-state index in [0.29, 0.717) is 17.6 Å². The van der Waals surface area contributed by atoms with Crippen molar-refractivity contribution in [2.24, 2.45) is 0 Å². The highest BCUT2D eigenvalue weighted by Gasteiger charge is 2.11. The SMILES string of the molecule is CCOc1cc(-c2nc3cc(C(=O)O)ccc3c(=O)[nH]2)ccc1O. The second-order valence-electron chi connectivity index (χ2n) is 5.07. The van der Waals surface area contributed by atoms with Gasteiger partial charge in [0.2, 0.25) is 0 Å². The van der Waals surface area contributed by atoms with Crippen LogP contribution in [0.2, 0.25) is 0 Å². The Morgan fingerprint density at radius 2 is 2.04 bits per heavy atom. The fraction of sp³-hybridized carbons (Fsp3) is 0.118. The van der Waals surface area contributed by atoms with Gasteiger partial charge in [0.15, 0.2) is 11.5 Å². The van der Waals surface area contributed by atoms with Gasteiger partial charge in [0.25, 0.3) is 5.56 Å². The number of aromatic hydroxyl groups is 1. The summed E-state index contributed by atoms with van der Waals surface area (Å²) in [5, 5.41) is 19.1. The smallest absolute Gasteiger partial charge is 0.335 e. The molecule has 0 aliphatic heterocycles. The largest absolute Gasteiger partial charge is 0.504 e. The fourth-order valence-corrected chi connectivity index (χ4v) is 2.34. The zero-order valence-electron chi connectivity index (χ0n) is 12.7. The van der Waals surface area contributed by atoms with Crippen LogP contribution in [0.5, 0.6) is 11.5 Å². The van der Waals surface area contributed by atoms with Crippen LogP contribution in [0.1, 0.15) is 17.3 Å². The number of hydrogen-bond acceptors (Lipinski definition) is 5. The van der Waals surface area contributed by atoms with Gasteiger partial charge < -0.3 is 19.9 Å². The topological polar surface area (TPSA) is 113 Å². The summed E-state index contributed by atoms with van der Waals surface area (Å²) in [5.41, 5.74) is 0.487. The van der Waals surface area contributed by atoms with Crippen LogP contribution in [0.4, 0.5) is 0 Å². The van der Waals surface area contributed by atoms with Crippen molar-refractivity contribution in [2.45, 2.75) is 6.92 Å². The number of carbonyl (C=O) groups is 1. The summed E-state index contributed by atoms with van der Waals surface area (Å²) in [4.78, 5) is 30.3. The van der Waals surface area contributed by atoms with E-state index in [0.717, 1.165) is 0 Å². The highest BCUT2D eigenvalue weighted by molar-refractivity contribution is 5.93. The Morgan fingerprint density at radius 1 is 1.25 bits per heavy atom. The maximum absolute atomic E-state index is 12.2.